The number of aromatic amines is 1. The number of nitrogens with one attached hydrogen (secondary N) is 2. The summed E-state index contributed by atoms with van der Waals surface area (Å²) in [5.41, 5.74) is 2.31. The molecule has 6 N–H and O–H groups in total. The minimum atomic E-state index is -4.39. The van der Waals surface area contributed by atoms with Gasteiger partial charge in [0.15, 0.2) is 17.4 Å². The molecule has 0 saturated carbocycles. The van der Waals surface area contributed by atoms with Crippen LogP contribution in [0.4, 0.5) is 5.95 Å². The molecule has 0 aliphatic carbocycles. The van der Waals surface area contributed by atoms with Crippen LogP contribution in [0, 0.1) is 0 Å². The first kappa shape index (κ1) is 31.6. The van der Waals surface area contributed by atoms with E-state index in [2.05, 4.69) is 20.0 Å². The van der Waals surface area contributed by atoms with Crippen LogP contribution in [0.5, 0.6) is 5.75 Å². The molecule has 16 heteroatoms. The van der Waals surface area contributed by atoms with Crippen molar-refractivity contribution in [2.75, 3.05) is 12.3 Å². The molecule has 1 fully saturated rings. The van der Waals surface area contributed by atoms with Crippen molar-refractivity contribution in [1.82, 2.24) is 24.6 Å². The lowest BCUT2D eigenvalue weighted by Crippen LogP contribution is -2.44. The van der Waals surface area contributed by atoms with E-state index >= 15 is 0 Å². The summed E-state index contributed by atoms with van der Waals surface area (Å²) in [6.45, 7) is 7.32. The van der Waals surface area contributed by atoms with Gasteiger partial charge in [-0.15, -0.1) is 0 Å². The molecule has 1 saturated heterocycles. The molecule has 3 heterocycles. The van der Waals surface area contributed by atoms with Crippen LogP contribution in [0.15, 0.2) is 53.6 Å². The van der Waals surface area contributed by atoms with Crippen LogP contribution >= 0.6 is 7.75 Å². The Balaban J connectivity index is 1.42. The number of carbonyl (C=O) groups is 1. The van der Waals surface area contributed by atoms with E-state index < -0.39 is 61.6 Å². The summed E-state index contributed by atoms with van der Waals surface area (Å²) in [6.07, 6.45) is -2.90. The molecule has 1 unspecified atom stereocenters. The van der Waals surface area contributed by atoms with Gasteiger partial charge in [-0.3, -0.25) is 23.7 Å². The van der Waals surface area contributed by atoms with Crippen LogP contribution in [-0.4, -0.2) is 71.8 Å². The Bertz CT molecular complexity index is 1790. The Morgan fingerprint density at radius 1 is 1.27 bits per heavy atom. The molecule has 236 valence electrons. The van der Waals surface area contributed by atoms with Crippen molar-refractivity contribution >= 4 is 41.6 Å². The van der Waals surface area contributed by atoms with Gasteiger partial charge in [-0.05, 0) is 46.1 Å². The average molecular weight is 631 g/mol. The van der Waals surface area contributed by atoms with Gasteiger partial charge in [-0.2, -0.15) is 10.1 Å². The molecule has 15 nitrogen and oxygen atoms in total. The standard InChI is InChI=1S/C28H35N6O9P/c1-15(24(37)42-27(2,3)4)33-44(39,43-18-12-8-10-16-9-6-7-11-17(16)18)40-13-19-21(35)28(5,38)25(41-19)34-14-30-20-22(34)31-26(29)32-23(20)36/h6-12,14-15,19,21,25,35,38H,13H2,1-5H3,(H,33,39)(H3,29,31,32,36)/t15-,19+,21+,25+,28+,44?/m0/s1. The molecular formula is C28H35N6O9P. The molecule has 0 amide bonds. The largest absolute Gasteiger partial charge is 0.459 e. The molecule has 1 aliphatic heterocycles. The number of benzene rings is 2. The number of nitrogen functional groups attached to an aromatic ring is 1. The molecule has 0 spiro atoms. The van der Waals surface area contributed by atoms with Gasteiger partial charge >= 0.3 is 13.7 Å². The number of esters is 1. The molecule has 6 atom stereocenters. The number of hydrogen-bond acceptors (Lipinski definition) is 12. The summed E-state index contributed by atoms with van der Waals surface area (Å²) in [5.74, 6) is -0.664. The second-order valence-corrected chi connectivity index (χ2v) is 13.4. The number of aliphatic hydroxyl groups is 2. The monoisotopic (exact) mass is 630 g/mol. The number of anilines is 1. The third-order valence-electron chi connectivity index (χ3n) is 6.95. The lowest BCUT2D eigenvalue weighted by atomic mass is 9.96. The molecular weight excluding hydrogens is 595 g/mol. The maximum Gasteiger partial charge on any atom is 0.459 e. The molecule has 4 aromatic rings. The first-order chi connectivity index (χ1) is 20.6. The summed E-state index contributed by atoms with van der Waals surface area (Å²) in [6, 6.07) is 11.3. The lowest BCUT2D eigenvalue weighted by Gasteiger charge is -2.28. The summed E-state index contributed by atoms with van der Waals surface area (Å²) in [5, 5.41) is 26.4. The van der Waals surface area contributed by atoms with Gasteiger partial charge in [0.05, 0.1) is 12.9 Å². The number of carbonyl (C=O) groups excluding carboxylic acids is 1. The van der Waals surface area contributed by atoms with Crippen molar-refractivity contribution in [1.29, 1.82) is 0 Å². The predicted octanol–water partition coefficient (Wildman–Crippen LogP) is 2.39. The first-order valence-electron chi connectivity index (χ1n) is 13.8. The van der Waals surface area contributed by atoms with E-state index in [1.165, 1.54) is 24.7 Å². The minimum Gasteiger partial charge on any atom is -0.459 e. The van der Waals surface area contributed by atoms with Crippen LogP contribution in [-0.2, 0) is 23.4 Å². The van der Waals surface area contributed by atoms with Gasteiger partial charge in [0.2, 0.25) is 5.95 Å². The number of imidazole rings is 1. The zero-order chi connectivity index (χ0) is 32.0. The topological polar surface area (TPSA) is 213 Å². The molecule has 2 aromatic carbocycles. The summed E-state index contributed by atoms with van der Waals surface area (Å²) in [4.78, 5) is 35.5. The van der Waals surface area contributed by atoms with E-state index in [0.717, 1.165) is 5.39 Å². The van der Waals surface area contributed by atoms with E-state index in [0.29, 0.717) is 5.39 Å². The highest BCUT2D eigenvalue weighted by Gasteiger charge is 2.54. The molecule has 5 rings (SSSR count). The second-order valence-electron chi connectivity index (χ2n) is 11.7. The van der Waals surface area contributed by atoms with E-state index in [9.17, 15) is 24.4 Å². The number of rotatable bonds is 9. The number of nitrogens with two attached hydrogens (primary N) is 1. The summed E-state index contributed by atoms with van der Waals surface area (Å²) < 4.78 is 38.6. The normalized spacial score (nSPS) is 24.3. The Labute approximate surface area is 251 Å². The number of hydrogen-bond donors (Lipinski definition) is 5. The third-order valence-corrected chi connectivity index (χ3v) is 8.58. The van der Waals surface area contributed by atoms with Crippen molar-refractivity contribution in [2.45, 2.75) is 70.3 Å². The SMILES string of the molecule is C[C@H](NP(=O)(OC[C@H]1O[C@@H](n2cnc3c(=O)[nH]c(N)nc32)[C@](C)(O)[C@@H]1O)Oc1cccc2ccccc12)C(=O)OC(C)(C)C. The third kappa shape index (κ3) is 6.34. The lowest BCUT2D eigenvalue weighted by molar-refractivity contribution is -0.156. The Hall–Kier alpha value is -3.85. The average Bonchev–Trinajstić information content (AvgIpc) is 3.44. The van der Waals surface area contributed by atoms with Crippen LogP contribution in [0.2, 0.25) is 0 Å². The number of aliphatic hydroxyl groups excluding tert-OH is 1. The second kappa shape index (κ2) is 11.6. The molecule has 2 aromatic heterocycles. The highest BCUT2D eigenvalue weighted by Crippen LogP contribution is 2.48. The summed E-state index contributed by atoms with van der Waals surface area (Å²) >= 11 is 0. The fourth-order valence-corrected chi connectivity index (χ4v) is 6.36. The fraction of sp³-hybridized carbons (Fsp3) is 0.429. The first-order valence-corrected chi connectivity index (χ1v) is 15.3. The minimum absolute atomic E-state index is 0.0168. The van der Waals surface area contributed by atoms with Gasteiger partial charge in [0, 0.05) is 5.39 Å². The van der Waals surface area contributed by atoms with E-state index in [1.54, 1.807) is 45.0 Å². The zero-order valence-electron chi connectivity index (χ0n) is 24.8. The van der Waals surface area contributed by atoms with Crippen LogP contribution in [0.3, 0.4) is 0 Å². The highest BCUT2D eigenvalue weighted by molar-refractivity contribution is 7.52. The van der Waals surface area contributed by atoms with Crippen molar-refractivity contribution in [3.8, 4) is 5.75 Å². The number of ether oxygens (including phenoxy) is 2. The maximum atomic E-state index is 14.3. The quantitative estimate of drug-likeness (QED) is 0.133. The summed E-state index contributed by atoms with van der Waals surface area (Å²) in [7, 11) is -4.39. The Kier molecular flexibility index (Phi) is 8.31. The fourth-order valence-electron chi connectivity index (χ4n) is 4.84. The Morgan fingerprint density at radius 3 is 2.70 bits per heavy atom. The Morgan fingerprint density at radius 2 is 1.98 bits per heavy atom. The molecule has 44 heavy (non-hydrogen) atoms. The van der Waals surface area contributed by atoms with Gasteiger partial charge in [-0.1, -0.05) is 36.4 Å². The number of H-pyrrole nitrogens is 1. The molecule has 0 radical (unpaired) electrons. The van der Waals surface area contributed by atoms with Crippen molar-refractivity contribution in [2.24, 2.45) is 0 Å². The zero-order valence-corrected chi connectivity index (χ0v) is 25.6. The smallest absolute Gasteiger partial charge is 0.459 e. The van der Waals surface area contributed by atoms with Gasteiger partial charge in [-0.25, -0.2) is 9.55 Å². The van der Waals surface area contributed by atoms with E-state index in [-0.39, 0.29) is 22.9 Å². The predicted molar refractivity (Wildman–Crippen MR) is 160 cm³/mol. The van der Waals surface area contributed by atoms with E-state index in [1.807, 2.05) is 18.2 Å². The van der Waals surface area contributed by atoms with Gasteiger partial charge < -0.3 is 29.9 Å². The van der Waals surface area contributed by atoms with Crippen molar-refractivity contribution in [3.05, 3.63) is 59.1 Å². The number of fused-ring (bicyclic) bond motifs is 2. The maximum absolute atomic E-state index is 14.3. The van der Waals surface area contributed by atoms with Gasteiger partial charge in [0.25, 0.3) is 5.56 Å². The van der Waals surface area contributed by atoms with Crippen LogP contribution in [0.1, 0.15) is 40.8 Å². The van der Waals surface area contributed by atoms with Gasteiger partial charge in [0.1, 0.15) is 35.2 Å². The molecule has 0 bridgehead atoms. The number of nitrogens with zero attached hydrogens (tertiary/aromatic N) is 3. The highest BCUT2D eigenvalue weighted by atomic mass is 31.2. The van der Waals surface area contributed by atoms with Crippen LogP contribution in [0.25, 0.3) is 21.9 Å². The number of aromatic nitrogens is 4. The molecule has 1 aliphatic rings. The van der Waals surface area contributed by atoms with Crippen molar-refractivity contribution < 1.29 is 38.1 Å². The van der Waals surface area contributed by atoms with Crippen molar-refractivity contribution in [3.63, 3.8) is 0 Å². The van der Waals surface area contributed by atoms with Crippen LogP contribution < -0.4 is 20.9 Å². The van der Waals surface area contributed by atoms with E-state index in [4.69, 9.17) is 24.3 Å².